The molecular formula is C23H23N3O2. The second-order valence-corrected chi connectivity index (χ2v) is 7.23. The van der Waals surface area contributed by atoms with Crippen molar-refractivity contribution < 1.29 is 9.53 Å². The van der Waals surface area contributed by atoms with E-state index in [0.717, 1.165) is 31.8 Å². The number of nitrogens with zero attached hydrogens (tertiary/aromatic N) is 2. The molecule has 0 unspecified atom stereocenters. The Balaban J connectivity index is 1.42. The Kier molecular flexibility index (Phi) is 5.08. The van der Waals surface area contributed by atoms with Crippen molar-refractivity contribution in [3.8, 4) is 11.6 Å². The number of benzene rings is 2. The van der Waals surface area contributed by atoms with Gasteiger partial charge in [0.25, 0.3) is 0 Å². The summed E-state index contributed by atoms with van der Waals surface area (Å²) in [5.41, 5.74) is 10.9. The second kappa shape index (κ2) is 7.82. The van der Waals surface area contributed by atoms with Gasteiger partial charge in [0.15, 0.2) is 0 Å². The molecule has 0 aliphatic carbocycles. The minimum absolute atomic E-state index is 0.367. The van der Waals surface area contributed by atoms with E-state index in [1.807, 2.05) is 6.07 Å². The minimum Gasteiger partial charge on any atom is -0.439 e. The number of carbonyl (C=O) groups excluding carboxylic acids is 1. The van der Waals surface area contributed by atoms with Gasteiger partial charge in [-0.2, -0.15) is 0 Å². The molecule has 4 rings (SSSR count). The van der Waals surface area contributed by atoms with E-state index < -0.39 is 5.91 Å². The number of hydrogen-bond donors (Lipinski definition) is 1. The molecule has 1 aromatic heterocycles. The Labute approximate surface area is 164 Å². The lowest BCUT2D eigenvalue weighted by Crippen LogP contribution is -2.30. The number of primary amides is 1. The number of carbonyl (C=O) groups is 1. The lowest BCUT2D eigenvalue weighted by molar-refractivity contribution is 0.1000. The van der Waals surface area contributed by atoms with Crippen LogP contribution < -0.4 is 10.5 Å². The molecule has 1 aliphatic rings. The number of hydrogen-bond acceptors (Lipinski definition) is 4. The van der Waals surface area contributed by atoms with Gasteiger partial charge in [-0.05, 0) is 48.2 Å². The molecular weight excluding hydrogens is 350 g/mol. The predicted octanol–water partition coefficient (Wildman–Crippen LogP) is 3.84. The van der Waals surface area contributed by atoms with Crippen molar-refractivity contribution in [1.29, 1.82) is 0 Å². The normalized spacial score (nSPS) is 13.8. The van der Waals surface area contributed by atoms with E-state index in [9.17, 15) is 4.79 Å². The summed E-state index contributed by atoms with van der Waals surface area (Å²) >= 11 is 0. The fraction of sp³-hybridized carbons (Fsp3) is 0.217. The van der Waals surface area contributed by atoms with Gasteiger partial charge >= 0.3 is 0 Å². The van der Waals surface area contributed by atoms with Crippen LogP contribution in [0.5, 0.6) is 11.6 Å². The van der Waals surface area contributed by atoms with Crippen molar-refractivity contribution in [1.82, 2.24) is 9.88 Å². The molecule has 0 bridgehead atoms. The lowest BCUT2D eigenvalue weighted by atomic mass is 9.99. The van der Waals surface area contributed by atoms with Crippen LogP contribution in [0.15, 0.2) is 60.8 Å². The highest BCUT2D eigenvalue weighted by molar-refractivity contribution is 5.92. The molecule has 28 heavy (non-hydrogen) atoms. The van der Waals surface area contributed by atoms with Gasteiger partial charge < -0.3 is 10.5 Å². The molecule has 2 heterocycles. The topological polar surface area (TPSA) is 68.5 Å². The van der Waals surface area contributed by atoms with Crippen LogP contribution in [0.2, 0.25) is 0 Å². The van der Waals surface area contributed by atoms with Gasteiger partial charge in [0.2, 0.25) is 11.8 Å². The highest BCUT2D eigenvalue weighted by Gasteiger charge is 2.17. The first-order valence-corrected chi connectivity index (χ1v) is 9.40. The molecule has 5 heteroatoms. The minimum atomic E-state index is -0.497. The zero-order valence-electron chi connectivity index (χ0n) is 15.9. The van der Waals surface area contributed by atoms with E-state index in [-0.39, 0.29) is 0 Å². The van der Waals surface area contributed by atoms with Crippen molar-refractivity contribution in [2.75, 3.05) is 6.54 Å². The number of ether oxygens (including phenoxy) is 1. The standard InChI is InChI=1S/C23H23N3O2/c1-16-2-4-17(5-3-16)14-26-11-10-18-12-21(8-6-20(18)15-26)28-22-9-7-19(13-25-22)23(24)27/h2-9,12-13H,10-11,14-15H2,1H3,(H2,24,27). The molecule has 0 fully saturated rings. The third-order valence-electron chi connectivity index (χ3n) is 5.04. The van der Waals surface area contributed by atoms with E-state index in [4.69, 9.17) is 10.5 Å². The van der Waals surface area contributed by atoms with Gasteiger partial charge in [0.05, 0.1) is 5.56 Å². The van der Waals surface area contributed by atoms with Gasteiger partial charge in [0.1, 0.15) is 5.75 Å². The third kappa shape index (κ3) is 4.21. The molecule has 0 spiro atoms. The van der Waals surface area contributed by atoms with E-state index in [0.29, 0.717) is 11.4 Å². The fourth-order valence-electron chi connectivity index (χ4n) is 3.45. The van der Waals surface area contributed by atoms with Crippen molar-refractivity contribution in [2.45, 2.75) is 26.4 Å². The van der Waals surface area contributed by atoms with Crippen molar-refractivity contribution >= 4 is 5.91 Å². The average Bonchev–Trinajstić information content (AvgIpc) is 2.70. The van der Waals surface area contributed by atoms with Crippen molar-refractivity contribution in [3.63, 3.8) is 0 Å². The summed E-state index contributed by atoms with van der Waals surface area (Å²) in [5.74, 6) is 0.704. The molecule has 0 saturated heterocycles. The smallest absolute Gasteiger partial charge is 0.250 e. The van der Waals surface area contributed by atoms with Gasteiger partial charge in [0, 0.05) is 31.9 Å². The number of rotatable bonds is 5. The van der Waals surface area contributed by atoms with Crippen molar-refractivity contribution in [2.24, 2.45) is 5.73 Å². The fourth-order valence-corrected chi connectivity index (χ4v) is 3.45. The molecule has 142 valence electrons. The Morgan fingerprint density at radius 1 is 1.11 bits per heavy atom. The maximum atomic E-state index is 11.1. The monoisotopic (exact) mass is 373 g/mol. The van der Waals surface area contributed by atoms with Crippen molar-refractivity contribution in [3.05, 3.63) is 88.6 Å². The molecule has 2 N–H and O–H groups in total. The quantitative estimate of drug-likeness (QED) is 0.738. The first-order chi connectivity index (χ1) is 13.6. The Morgan fingerprint density at radius 2 is 1.93 bits per heavy atom. The maximum Gasteiger partial charge on any atom is 0.250 e. The summed E-state index contributed by atoms with van der Waals surface area (Å²) in [4.78, 5) is 17.7. The molecule has 1 amide bonds. The molecule has 0 saturated carbocycles. The molecule has 2 aromatic carbocycles. The largest absolute Gasteiger partial charge is 0.439 e. The zero-order chi connectivity index (χ0) is 19.5. The van der Waals surface area contributed by atoms with Crippen LogP contribution in [0.1, 0.15) is 32.6 Å². The van der Waals surface area contributed by atoms with Gasteiger partial charge in [-0.1, -0.05) is 35.9 Å². The van der Waals surface area contributed by atoms with E-state index in [1.165, 1.54) is 28.5 Å². The number of pyridine rings is 1. The number of aryl methyl sites for hydroxylation is 1. The molecule has 1 aliphatic heterocycles. The van der Waals surface area contributed by atoms with E-state index in [2.05, 4.69) is 53.2 Å². The summed E-state index contributed by atoms with van der Waals surface area (Å²) in [7, 11) is 0. The number of amides is 1. The van der Waals surface area contributed by atoms with Crippen LogP contribution in [-0.2, 0) is 19.5 Å². The molecule has 5 nitrogen and oxygen atoms in total. The maximum absolute atomic E-state index is 11.1. The first-order valence-electron chi connectivity index (χ1n) is 9.40. The summed E-state index contributed by atoms with van der Waals surface area (Å²) < 4.78 is 5.84. The van der Waals surface area contributed by atoms with E-state index in [1.54, 1.807) is 12.1 Å². The lowest BCUT2D eigenvalue weighted by Gasteiger charge is -2.29. The van der Waals surface area contributed by atoms with Crippen LogP contribution in [-0.4, -0.2) is 22.3 Å². The average molecular weight is 373 g/mol. The predicted molar refractivity (Wildman–Crippen MR) is 108 cm³/mol. The number of aromatic nitrogens is 1. The van der Waals surface area contributed by atoms with Crippen LogP contribution in [0.3, 0.4) is 0 Å². The van der Waals surface area contributed by atoms with Gasteiger partial charge in [-0.25, -0.2) is 4.98 Å². The first kappa shape index (κ1) is 18.2. The summed E-state index contributed by atoms with van der Waals surface area (Å²) in [5, 5.41) is 0. The van der Waals surface area contributed by atoms with Gasteiger partial charge in [-0.3, -0.25) is 9.69 Å². The molecule has 3 aromatic rings. The zero-order valence-corrected chi connectivity index (χ0v) is 15.9. The van der Waals surface area contributed by atoms with Crippen LogP contribution in [0.4, 0.5) is 0 Å². The molecule has 0 radical (unpaired) electrons. The molecule has 0 atom stereocenters. The second-order valence-electron chi connectivity index (χ2n) is 7.23. The highest BCUT2D eigenvalue weighted by Crippen LogP contribution is 2.27. The van der Waals surface area contributed by atoms with Crippen LogP contribution in [0.25, 0.3) is 0 Å². The summed E-state index contributed by atoms with van der Waals surface area (Å²) in [6.07, 6.45) is 2.42. The van der Waals surface area contributed by atoms with E-state index >= 15 is 0 Å². The SMILES string of the molecule is Cc1ccc(CN2CCc3cc(Oc4ccc(C(N)=O)cn4)ccc3C2)cc1. The Hall–Kier alpha value is -3.18. The summed E-state index contributed by atoms with van der Waals surface area (Å²) in [6, 6.07) is 18.2. The Morgan fingerprint density at radius 3 is 2.64 bits per heavy atom. The highest BCUT2D eigenvalue weighted by atomic mass is 16.5. The summed E-state index contributed by atoms with van der Waals surface area (Å²) in [6.45, 7) is 5.04. The third-order valence-corrected chi connectivity index (χ3v) is 5.04. The Bertz CT molecular complexity index is 982. The number of fused-ring (bicyclic) bond motifs is 1. The van der Waals surface area contributed by atoms with Gasteiger partial charge in [-0.15, -0.1) is 0 Å². The van der Waals surface area contributed by atoms with Crippen LogP contribution >= 0.6 is 0 Å². The number of nitrogens with two attached hydrogens (primary N) is 1. The van der Waals surface area contributed by atoms with Crippen LogP contribution in [0, 0.1) is 6.92 Å².